The van der Waals surface area contributed by atoms with Gasteiger partial charge in [-0.2, -0.15) is 10.2 Å². The fourth-order valence-electron chi connectivity index (χ4n) is 2.92. The molecule has 142 valence electrons. The molecule has 0 bridgehead atoms. The van der Waals surface area contributed by atoms with Gasteiger partial charge in [-0.25, -0.2) is 14.6 Å². The number of fused-ring (bicyclic) bond motifs is 1. The van der Waals surface area contributed by atoms with Crippen LogP contribution in [0.3, 0.4) is 0 Å². The molecular formula is C19H20N8O. The molecule has 3 aromatic heterocycles. The van der Waals surface area contributed by atoms with Crippen LogP contribution in [-0.2, 0) is 14.1 Å². The van der Waals surface area contributed by atoms with E-state index in [9.17, 15) is 4.79 Å². The summed E-state index contributed by atoms with van der Waals surface area (Å²) < 4.78 is 3.28. The van der Waals surface area contributed by atoms with Gasteiger partial charge in [0.25, 0.3) is 5.91 Å². The third-order valence-corrected chi connectivity index (χ3v) is 4.42. The van der Waals surface area contributed by atoms with Crippen molar-refractivity contribution in [1.29, 1.82) is 0 Å². The van der Waals surface area contributed by atoms with E-state index in [2.05, 4.69) is 30.8 Å². The van der Waals surface area contributed by atoms with Crippen molar-refractivity contribution in [3.8, 4) is 0 Å². The molecular weight excluding hydrogens is 356 g/mol. The number of hydrogen-bond donors (Lipinski definition) is 2. The zero-order valence-electron chi connectivity index (χ0n) is 15.8. The van der Waals surface area contributed by atoms with Gasteiger partial charge in [-0.15, -0.1) is 0 Å². The number of anilines is 2. The number of amides is 1. The first-order valence-corrected chi connectivity index (χ1v) is 8.81. The molecule has 0 aliphatic heterocycles. The number of aryl methyl sites for hydroxylation is 2. The van der Waals surface area contributed by atoms with Crippen LogP contribution in [0.1, 0.15) is 28.9 Å². The first-order chi connectivity index (χ1) is 13.5. The molecule has 0 fully saturated rings. The Bertz CT molecular complexity index is 1150. The van der Waals surface area contributed by atoms with Crippen LogP contribution in [0.2, 0.25) is 0 Å². The molecule has 1 atom stereocenters. The minimum absolute atomic E-state index is 0.0322. The summed E-state index contributed by atoms with van der Waals surface area (Å²) in [5.41, 5.74) is 3.71. The summed E-state index contributed by atoms with van der Waals surface area (Å²) in [6.07, 6.45) is 6.59. The molecule has 0 spiro atoms. The van der Waals surface area contributed by atoms with E-state index in [1.54, 1.807) is 35.0 Å². The predicted molar refractivity (Wildman–Crippen MR) is 106 cm³/mol. The zero-order valence-corrected chi connectivity index (χ0v) is 15.8. The summed E-state index contributed by atoms with van der Waals surface area (Å²) in [7, 11) is 3.61. The molecule has 9 heteroatoms. The van der Waals surface area contributed by atoms with Gasteiger partial charge in [0, 0.05) is 26.0 Å². The van der Waals surface area contributed by atoms with Gasteiger partial charge in [-0.1, -0.05) is 12.1 Å². The minimum atomic E-state index is -0.196. The summed E-state index contributed by atoms with van der Waals surface area (Å²) >= 11 is 0. The number of carbonyl (C=O) groups excluding carboxylic acids is 1. The van der Waals surface area contributed by atoms with Gasteiger partial charge in [0.15, 0.2) is 5.65 Å². The molecule has 9 nitrogen and oxygen atoms in total. The average Bonchev–Trinajstić information content (AvgIpc) is 3.28. The third-order valence-electron chi connectivity index (χ3n) is 4.42. The number of nitrogens with zero attached hydrogens (tertiary/aromatic N) is 6. The van der Waals surface area contributed by atoms with Gasteiger partial charge in [0.05, 0.1) is 30.2 Å². The van der Waals surface area contributed by atoms with Crippen molar-refractivity contribution in [1.82, 2.24) is 29.5 Å². The maximum absolute atomic E-state index is 12.3. The Kier molecular flexibility index (Phi) is 4.48. The van der Waals surface area contributed by atoms with Crippen LogP contribution in [-0.4, -0.2) is 35.4 Å². The van der Waals surface area contributed by atoms with Gasteiger partial charge >= 0.3 is 0 Å². The third kappa shape index (κ3) is 3.54. The number of aromatic nitrogens is 6. The lowest BCUT2D eigenvalue weighted by Crippen LogP contribution is -2.12. The lowest BCUT2D eigenvalue weighted by atomic mass is 10.1. The highest BCUT2D eigenvalue weighted by Gasteiger charge is 2.12. The summed E-state index contributed by atoms with van der Waals surface area (Å²) in [4.78, 5) is 21.3. The van der Waals surface area contributed by atoms with Crippen molar-refractivity contribution in [2.45, 2.75) is 13.0 Å². The Hall–Kier alpha value is -3.75. The normalized spacial score (nSPS) is 12.1. The van der Waals surface area contributed by atoms with Gasteiger partial charge in [0.2, 0.25) is 0 Å². The monoisotopic (exact) mass is 376 g/mol. The number of hydrogen-bond acceptors (Lipinski definition) is 6. The minimum Gasteiger partial charge on any atom is -0.362 e. The highest BCUT2D eigenvalue weighted by molar-refractivity contribution is 6.03. The fourth-order valence-corrected chi connectivity index (χ4v) is 2.92. The van der Waals surface area contributed by atoms with E-state index in [4.69, 9.17) is 0 Å². The van der Waals surface area contributed by atoms with E-state index in [1.165, 1.54) is 6.20 Å². The Morgan fingerprint density at radius 3 is 2.79 bits per heavy atom. The van der Waals surface area contributed by atoms with Gasteiger partial charge in [0.1, 0.15) is 11.3 Å². The molecule has 4 rings (SSSR count). The van der Waals surface area contributed by atoms with E-state index in [1.807, 2.05) is 38.2 Å². The smallest absolute Gasteiger partial charge is 0.258 e. The summed E-state index contributed by atoms with van der Waals surface area (Å²) in [5, 5.41) is 14.4. The topological polar surface area (TPSA) is 103 Å². The lowest BCUT2D eigenvalue weighted by molar-refractivity contribution is 0.102. The van der Waals surface area contributed by atoms with Crippen LogP contribution < -0.4 is 10.6 Å². The van der Waals surface area contributed by atoms with E-state index >= 15 is 0 Å². The summed E-state index contributed by atoms with van der Waals surface area (Å²) in [6.45, 7) is 2.02. The molecule has 0 aliphatic rings. The van der Waals surface area contributed by atoms with Crippen molar-refractivity contribution in [2.24, 2.45) is 14.1 Å². The molecule has 1 aromatic carbocycles. The van der Waals surface area contributed by atoms with Crippen LogP contribution in [0.25, 0.3) is 11.2 Å². The van der Waals surface area contributed by atoms with E-state index in [0.717, 1.165) is 16.7 Å². The second kappa shape index (κ2) is 7.10. The molecule has 0 unspecified atom stereocenters. The first kappa shape index (κ1) is 17.7. The van der Waals surface area contributed by atoms with E-state index in [-0.39, 0.29) is 11.9 Å². The standard InChI is InChI=1S/C19H20N8O/c1-12(23-17-10-20-16-9-22-27(3)18(16)25-17)13-5-4-6-15(7-13)24-19(28)14-8-21-26(2)11-14/h4-12H,1-3H3,(H,23,25)(H,24,28)/t12-/m0/s1. The SMILES string of the molecule is C[C@H](Nc1cnc2cnn(C)c2n1)c1cccc(NC(=O)c2cnn(C)c2)c1. The fraction of sp³-hybridized carbons (Fsp3) is 0.211. The van der Waals surface area contributed by atoms with Crippen LogP contribution >= 0.6 is 0 Å². The maximum atomic E-state index is 12.3. The Morgan fingerprint density at radius 1 is 1.14 bits per heavy atom. The first-order valence-electron chi connectivity index (χ1n) is 8.81. The number of rotatable bonds is 5. The quantitative estimate of drug-likeness (QED) is 0.555. The Labute approximate surface area is 161 Å². The predicted octanol–water partition coefficient (Wildman–Crippen LogP) is 2.52. The van der Waals surface area contributed by atoms with E-state index in [0.29, 0.717) is 17.1 Å². The second-order valence-corrected chi connectivity index (χ2v) is 6.58. The highest BCUT2D eigenvalue weighted by atomic mass is 16.1. The van der Waals surface area contributed by atoms with Gasteiger partial charge < -0.3 is 10.6 Å². The average molecular weight is 376 g/mol. The van der Waals surface area contributed by atoms with Gasteiger partial charge in [-0.3, -0.25) is 9.48 Å². The molecule has 0 saturated carbocycles. The van der Waals surface area contributed by atoms with Crippen LogP contribution in [0.5, 0.6) is 0 Å². The number of benzene rings is 1. The second-order valence-electron chi connectivity index (χ2n) is 6.58. The van der Waals surface area contributed by atoms with Crippen molar-refractivity contribution >= 4 is 28.6 Å². The maximum Gasteiger partial charge on any atom is 0.258 e. The molecule has 28 heavy (non-hydrogen) atoms. The molecule has 3 heterocycles. The molecule has 0 saturated heterocycles. The molecule has 0 radical (unpaired) electrons. The lowest BCUT2D eigenvalue weighted by Gasteiger charge is -2.16. The molecule has 4 aromatic rings. The van der Waals surface area contributed by atoms with Crippen molar-refractivity contribution in [2.75, 3.05) is 10.6 Å². The van der Waals surface area contributed by atoms with Crippen LogP contribution in [0, 0.1) is 0 Å². The number of nitrogens with one attached hydrogen (secondary N) is 2. The van der Waals surface area contributed by atoms with Crippen molar-refractivity contribution < 1.29 is 4.79 Å². The van der Waals surface area contributed by atoms with Crippen LogP contribution in [0.15, 0.2) is 49.1 Å². The highest BCUT2D eigenvalue weighted by Crippen LogP contribution is 2.22. The van der Waals surface area contributed by atoms with E-state index < -0.39 is 0 Å². The van der Waals surface area contributed by atoms with Crippen molar-refractivity contribution in [3.63, 3.8) is 0 Å². The zero-order chi connectivity index (χ0) is 19.7. The Balaban J connectivity index is 1.49. The van der Waals surface area contributed by atoms with Crippen LogP contribution in [0.4, 0.5) is 11.5 Å². The Morgan fingerprint density at radius 2 is 2.00 bits per heavy atom. The van der Waals surface area contributed by atoms with Gasteiger partial charge in [-0.05, 0) is 24.6 Å². The molecule has 2 N–H and O–H groups in total. The molecule has 0 aliphatic carbocycles. The molecule has 1 amide bonds. The largest absolute Gasteiger partial charge is 0.362 e. The number of carbonyl (C=O) groups is 1. The summed E-state index contributed by atoms with van der Waals surface area (Å²) in [5.74, 6) is 0.465. The van der Waals surface area contributed by atoms with Crippen molar-refractivity contribution in [3.05, 3.63) is 60.2 Å². The summed E-state index contributed by atoms with van der Waals surface area (Å²) in [6, 6.07) is 7.65.